The molecule has 0 spiro atoms. The van der Waals surface area contributed by atoms with Crippen LogP contribution in [0.2, 0.25) is 10.0 Å². The van der Waals surface area contributed by atoms with Gasteiger partial charge in [-0.15, -0.1) is 0 Å². The largest absolute Gasteiger partial charge is 0.314 e. The molecule has 1 aromatic carbocycles. The Hall–Kier alpha value is -0.370. The molecule has 1 unspecified atom stereocenters. The molecule has 0 amide bonds. The van der Waals surface area contributed by atoms with Crippen molar-refractivity contribution >= 4 is 33.2 Å². The molecule has 2 aliphatic rings. The van der Waals surface area contributed by atoms with Gasteiger partial charge in [-0.25, -0.2) is 8.42 Å². The monoisotopic (exact) mass is 363 g/mol. The number of nitrogens with zero attached hydrogens (tertiary/aromatic N) is 2. The lowest BCUT2D eigenvalue weighted by atomic mass is 10.2. The molecule has 2 aliphatic heterocycles. The number of sulfonamides is 1. The zero-order valence-electron chi connectivity index (χ0n) is 12.1. The lowest BCUT2D eigenvalue weighted by Gasteiger charge is -2.32. The average Bonchev–Trinajstić information content (AvgIpc) is 3.01. The summed E-state index contributed by atoms with van der Waals surface area (Å²) < 4.78 is 27.1. The van der Waals surface area contributed by atoms with Crippen LogP contribution < -0.4 is 5.32 Å². The van der Waals surface area contributed by atoms with E-state index < -0.39 is 10.0 Å². The second kappa shape index (κ2) is 6.63. The van der Waals surface area contributed by atoms with Crippen LogP contribution in [0, 0.1) is 0 Å². The summed E-state index contributed by atoms with van der Waals surface area (Å²) in [6, 6.07) is 5.01. The summed E-state index contributed by atoms with van der Waals surface area (Å²) in [6.07, 6.45) is 0.859. The molecule has 0 bridgehead atoms. The van der Waals surface area contributed by atoms with Gasteiger partial charge in [0.2, 0.25) is 10.0 Å². The van der Waals surface area contributed by atoms with Crippen molar-refractivity contribution in [1.29, 1.82) is 0 Å². The summed E-state index contributed by atoms with van der Waals surface area (Å²) in [5.74, 6) is 0. The van der Waals surface area contributed by atoms with E-state index in [2.05, 4.69) is 10.2 Å². The SMILES string of the molecule is O=S(=O)(c1cccc(Cl)c1Cl)N1CCC(N2CCNCC2)C1. The average molecular weight is 364 g/mol. The normalized spacial score (nSPS) is 24.7. The number of halogens is 2. The van der Waals surface area contributed by atoms with Gasteiger partial charge in [0.15, 0.2) is 0 Å². The molecule has 5 nitrogen and oxygen atoms in total. The van der Waals surface area contributed by atoms with E-state index in [-0.39, 0.29) is 21.0 Å². The van der Waals surface area contributed by atoms with E-state index in [9.17, 15) is 8.42 Å². The van der Waals surface area contributed by atoms with Crippen molar-refractivity contribution in [2.24, 2.45) is 0 Å². The van der Waals surface area contributed by atoms with Gasteiger partial charge in [-0.3, -0.25) is 4.90 Å². The number of benzene rings is 1. The van der Waals surface area contributed by atoms with Crippen molar-refractivity contribution in [1.82, 2.24) is 14.5 Å². The van der Waals surface area contributed by atoms with Crippen molar-refractivity contribution in [2.75, 3.05) is 39.3 Å². The molecule has 0 aromatic heterocycles. The fourth-order valence-electron chi connectivity index (χ4n) is 3.10. The van der Waals surface area contributed by atoms with Crippen LogP contribution in [0.4, 0.5) is 0 Å². The first-order valence-corrected chi connectivity index (χ1v) is 9.58. The third-order valence-corrected chi connectivity index (χ3v) is 7.17. The Morgan fingerprint density at radius 1 is 1.14 bits per heavy atom. The van der Waals surface area contributed by atoms with Crippen LogP contribution >= 0.6 is 23.2 Å². The Morgan fingerprint density at radius 2 is 1.86 bits per heavy atom. The van der Waals surface area contributed by atoms with Crippen molar-refractivity contribution in [3.63, 3.8) is 0 Å². The van der Waals surface area contributed by atoms with Crippen LogP contribution in [0.15, 0.2) is 23.1 Å². The second-order valence-electron chi connectivity index (χ2n) is 5.64. The van der Waals surface area contributed by atoms with E-state index in [0.717, 1.165) is 32.6 Å². The topological polar surface area (TPSA) is 52.7 Å². The van der Waals surface area contributed by atoms with E-state index in [1.807, 2.05) is 0 Å². The second-order valence-corrected chi connectivity index (χ2v) is 8.33. The predicted molar refractivity (Wildman–Crippen MR) is 88.1 cm³/mol. The molecule has 0 aliphatic carbocycles. The van der Waals surface area contributed by atoms with Crippen LogP contribution in [0.3, 0.4) is 0 Å². The third-order valence-electron chi connectivity index (χ3n) is 4.33. The van der Waals surface area contributed by atoms with Gasteiger partial charge in [-0.2, -0.15) is 4.31 Å². The van der Waals surface area contributed by atoms with E-state index in [1.54, 1.807) is 12.1 Å². The molecule has 0 saturated carbocycles. The number of piperazine rings is 1. The highest BCUT2D eigenvalue weighted by Gasteiger charge is 2.36. The molecule has 122 valence electrons. The van der Waals surface area contributed by atoms with Gasteiger partial charge in [-0.1, -0.05) is 29.3 Å². The summed E-state index contributed by atoms with van der Waals surface area (Å²) in [5, 5.41) is 3.68. The summed E-state index contributed by atoms with van der Waals surface area (Å²) in [6.45, 7) is 4.91. The fraction of sp³-hybridized carbons (Fsp3) is 0.571. The molecule has 22 heavy (non-hydrogen) atoms. The summed E-state index contributed by atoms with van der Waals surface area (Å²) in [7, 11) is -3.59. The standard InChI is InChI=1S/C14H19Cl2N3O2S/c15-12-2-1-3-13(14(12)16)22(20,21)19-7-4-11(10-19)18-8-5-17-6-9-18/h1-3,11,17H,4-10H2. The van der Waals surface area contributed by atoms with Crippen molar-refractivity contribution in [2.45, 2.75) is 17.4 Å². The van der Waals surface area contributed by atoms with E-state index in [0.29, 0.717) is 13.1 Å². The highest BCUT2D eigenvalue weighted by molar-refractivity contribution is 7.89. The molecule has 2 saturated heterocycles. The van der Waals surface area contributed by atoms with Gasteiger partial charge in [-0.05, 0) is 18.6 Å². The Balaban J connectivity index is 1.78. The number of rotatable bonds is 3. The number of hydrogen-bond acceptors (Lipinski definition) is 4. The molecule has 1 atom stereocenters. The zero-order chi connectivity index (χ0) is 15.7. The molecular formula is C14H19Cl2N3O2S. The van der Waals surface area contributed by atoms with Crippen molar-refractivity contribution < 1.29 is 8.42 Å². The maximum absolute atomic E-state index is 12.8. The molecule has 0 radical (unpaired) electrons. The van der Waals surface area contributed by atoms with Gasteiger partial charge < -0.3 is 5.32 Å². The van der Waals surface area contributed by atoms with Crippen molar-refractivity contribution in [3.05, 3.63) is 28.2 Å². The van der Waals surface area contributed by atoms with E-state index in [4.69, 9.17) is 23.2 Å². The molecule has 1 N–H and O–H groups in total. The highest BCUT2D eigenvalue weighted by atomic mass is 35.5. The van der Waals surface area contributed by atoms with Crippen LogP contribution in [0.1, 0.15) is 6.42 Å². The first-order valence-electron chi connectivity index (χ1n) is 7.39. The Morgan fingerprint density at radius 3 is 2.59 bits per heavy atom. The van der Waals surface area contributed by atoms with Gasteiger partial charge in [0, 0.05) is 45.3 Å². The summed E-state index contributed by atoms with van der Waals surface area (Å²) in [4.78, 5) is 2.47. The maximum Gasteiger partial charge on any atom is 0.244 e. The molecule has 1 aromatic rings. The Kier molecular flexibility index (Phi) is 4.97. The molecular weight excluding hydrogens is 345 g/mol. The smallest absolute Gasteiger partial charge is 0.244 e. The first-order chi connectivity index (χ1) is 10.5. The van der Waals surface area contributed by atoms with Crippen LogP contribution in [-0.4, -0.2) is 62.9 Å². The fourth-order valence-corrected chi connectivity index (χ4v) is 5.32. The summed E-state index contributed by atoms with van der Waals surface area (Å²) >= 11 is 12.0. The molecule has 3 rings (SSSR count). The molecule has 8 heteroatoms. The minimum atomic E-state index is -3.59. The quantitative estimate of drug-likeness (QED) is 0.887. The minimum absolute atomic E-state index is 0.0997. The lowest BCUT2D eigenvalue weighted by Crippen LogP contribution is -2.49. The third kappa shape index (κ3) is 3.13. The number of nitrogens with one attached hydrogen (secondary N) is 1. The van der Waals surface area contributed by atoms with Crippen molar-refractivity contribution in [3.8, 4) is 0 Å². The lowest BCUT2D eigenvalue weighted by molar-refractivity contribution is 0.179. The highest BCUT2D eigenvalue weighted by Crippen LogP contribution is 2.32. The van der Waals surface area contributed by atoms with Gasteiger partial charge in [0.25, 0.3) is 0 Å². The van der Waals surface area contributed by atoms with Gasteiger partial charge >= 0.3 is 0 Å². The number of hydrogen-bond donors (Lipinski definition) is 1. The Bertz CT molecular complexity index is 647. The van der Waals surface area contributed by atoms with Crippen LogP contribution in [0.25, 0.3) is 0 Å². The van der Waals surface area contributed by atoms with Gasteiger partial charge in [0.1, 0.15) is 4.90 Å². The van der Waals surface area contributed by atoms with Gasteiger partial charge in [0.05, 0.1) is 10.0 Å². The maximum atomic E-state index is 12.8. The minimum Gasteiger partial charge on any atom is -0.314 e. The van der Waals surface area contributed by atoms with E-state index in [1.165, 1.54) is 10.4 Å². The summed E-state index contributed by atoms with van der Waals surface area (Å²) in [5.41, 5.74) is 0. The Labute approximate surface area is 141 Å². The molecule has 2 fully saturated rings. The van der Waals surface area contributed by atoms with E-state index >= 15 is 0 Å². The predicted octanol–water partition coefficient (Wildman–Crippen LogP) is 1.66. The molecule has 2 heterocycles. The van der Waals surface area contributed by atoms with Crippen LogP contribution in [-0.2, 0) is 10.0 Å². The van der Waals surface area contributed by atoms with Crippen LogP contribution in [0.5, 0.6) is 0 Å². The zero-order valence-corrected chi connectivity index (χ0v) is 14.5. The first kappa shape index (κ1) is 16.5.